The van der Waals surface area contributed by atoms with Crippen molar-refractivity contribution in [3.05, 3.63) is 60.7 Å². The maximum Gasteiger partial charge on any atom is 0.306 e. The molecule has 0 saturated carbocycles. The lowest BCUT2D eigenvalue weighted by Gasteiger charge is -2.13. The molecule has 0 aliphatic carbocycles. The molecular weight excluding hydrogens is 306 g/mol. The number of amides is 1. The Morgan fingerprint density at radius 3 is 2.29 bits per heavy atom. The molecule has 0 unspecified atom stereocenters. The zero-order valence-corrected chi connectivity index (χ0v) is 13.6. The van der Waals surface area contributed by atoms with Gasteiger partial charge in [0.2, 0.25) is 0 Å². The van der Waals surface area contributed by atoms with Gasteiger partial charge in [-0.2, -0.15) is 0 Å². The highest BCUT2D eigenvalue weighted by atomic mass is 16.5. The molecular formula is C19H21NO4. The zero-order chi connectivity index (χ0) is 17.2. The number of benzene rings is 2. The first kappa shape index (κ1) is 17.5. The average Bonchev–Trinajstić information content (AvgIpc) is 2.60. The van der Waals surface area contributed by atoms with Gasteiger partial charge in [-0.25, -0.2) is 0 Å². The maximum absolute atomic E-state index is 11.9. The van der Waals surface area contributed by atoms with Gasteiger partial charge >= 0.3 is 5.97 Å². The number of carbonyl (C=O) groups is 2. The summed E-state index contributed by atoms with van der Waals surface area (Å²) in [5.74, 6) is -0.000988. The van der Waals surface area contributed by atoms with Crippen molar-refractivity contribution in [2.45, 2.75) is 25.9 Å². The molecule has 0 radical (unpaired) electrons. The summed E-state index contributed by atoms with van der Waals surface area (Å²) in [6, 6.07) is 18.4. The number of rotatable bonds is 8. The second-order valence-electron chi connectivity index (χ2n) is 5.25. The van der Waals surface area contributed by atoms with E-state index in [-0.39, 0.29) is 12.3 Å². The van der Waals surface area contributed by atoms with E-state index in [1.54, 1.807) is 19.1 Å². The highest BCUT2D eigenvalue weighted by Crippen LogP contribution is 2.10. The SMILES string of the molecule is C[C@H](OC(=O)CCCOc1ccccc1)C(=O)Nc1ccccc1. The summed E-state index contributed by atoms with van der Waals surface area (Å²) in [4.78, 5) is 23.7. The molecule has 0 aliphatic heterocycles. The van der Waals surface area contributed by atoms with Gasteiger partial charge in [-0.3, -0.25) is 9.59 Å². The number of hydrogen-bond donors (Lipinski definition) is 1. The topological polar surface area (TPSA) is 64.6 Å². The predicted octanol–water partition coefficient (Wildman–Crippen LogP) is 3.42. The van der Waals surface area contributed by atoms with E-state index in [1.807, 2.05) is 48.5 Å². The number of anilines is 1. The summed E-state index contributed by atoms with van der Waals surface area (Å²) in [5, 5.41) is 2.69. The van der Waals surface area contributed by atoms with E-state index in [2.05, 4.69) is 5.32 Å². The second-order valence-corrected chi connectivity index (χ2v) is 5.25. The molecule has 0 aromatic heterocycles. The van der Waals surface area contributed by atoms with Crippen LogP contribution in [0.5, 0.6) is 5.75 Å². The monoisotopic (exact) mass is 327 g/mol. The van der Waals surface area contributed by atoms with E-state index in [4.69, 9.17) is 9.47 Å². The fraction of sp³-hybridized carbons (Fsp3) is 0.263. The van der Waals surface area contributed by atoms with Gasteiger partial charge in [0.05, 0.1) is 6.61 Å². The molecule has 2 rings (SSSR count). The minimum Gasteiger partial charge on any atom is -0.494 e. The van der Waals surface area contributed by atoms with E-state index in [0.29, 0.717) is 18.7 Å². The Bertz CT molecular complexity index is 643. The predicted molar refractivity (Wildman–Crippen MR) is 91.8 cm³/mol. The number of ether oxygens (including phenoxy) is 2. The molecule has 1 N–H and O–H groups in total. The highest BCUT2D eigenvalue weighted by Gasteiger charge is 2.17. The van der Waals surface area contributed by atoms with Gasteiger partial charge in [0.25, 0.3) is 5.91 Å². The number of carbonyl (C=O) groups excluding carboxylic acids is 2. The van der Waals surface area contributed by atoms with Crippen molar-refractivity contribution < 1.29 is 19.1 Å². The summed E-state index contributed by atoms with van der Waals surface area (Å²) in [7, 11) is 0. The van der Waals surface area contributed by atoms with Crippen LogP contribution >= 0.6 is 0 Å². The van der Waals surface area contributed by atoms with Crippen molar-refractivity contribution in [3.63, 3.8) is 0 Å². The Morgan fingerprint density at radius 1 is 1.00 bits per heavy atom. The molecule has 2 aromatic rings. The lowest BCUT2D eigenvalue weighted by molar-refractivity contribution is -0.153. The third-order valence-corrected chi connectivity index (χ3v) is 3.26. The molecule has 2 aromatic carbocycles. The molecule has 5 heteroatoms. The maximum atomic E-state index is 11.9. The van der Waals surface area contributed by atoms with Crippen molar-refractivity contribution in [2.75, 3.05) is 11.9 Å². The standard InChI is InChI=1S/C19H21NO4/c1-15(19(22)20-16-9-4-2-5-10-16)24-18(21)13-8-14-23-17-11-6-3-7-12-17/h2-7,9-12,15H,8,13-14H2,1H3,(H,20,22)/t15-/m0/s1. The molecule has 0 aliphatic rings. The van der Waals surface area contributed by atoms with Crippen LogP contribution in [0.4, 0.5) is 5.69 Å². The van der Waals surface area contributed by atoms with Crippen molar-refractivity contribution >= 4 is 17.6 Å². The first-order valence-electron chi connectivity index (χ1n) is 7.88. The lowest BCUT2D eigenvalue weighted by atomic mass is 10.3. The van der Waals surface area contributed by atoms with Gasteiger partial charge < -0.3 is 14.8 Å². The van der Waals surface area contributed by atoms with E-state index >= 15 is 0 Å². The molecule has 0 heterocycles. The Hall–Kier alpha value is -2.82. The van der Waals surface area contributed by atoms with E-state index in [9.17, 15) is 9.59 Å². The number of nitrogens with one attached hydrogen (secondary N) is 1. The van der Waals surface area contributed by atoms with E-state index in [1.165, 1.54) is 0 Å². The van der Waals surface area contributed by atoms with Crippen LogP contribution < -0.4 is 10.1 Å². The molecule has 1 atom stereocenters. The molecule has 0 bridgehead atoms. The average molecular weight is 327 g/mol. The summed E-state index contributed by atoms with van der Waals surface area (Å²) in [6.07, 6.45) is -0.107. The number of para-hydroxylation sites is 2. The fourth-order valence-corrected chi connectivity index (χ4v) is 2.00. The van der Waals surface area contributed by atoms with Crippen LogP contribution in [0.15, 0.2) is 60.7 Å². The first-order chi connectivity index (χ1) is 11.6. The van der Waals surface area contributed by atoms with Gasteiger partial charge in [-0.05, 0) is 37.6 Å². The third kappa shape index (κ3) is 6.12. The third-order valence-electron chi connectivity index (χ3n) is 3.26. The summed E-state index contributed by atoms with van der Waals surface area (Å²) in [6.45, 7) is 1.97. The van der Waals surface area contributed by atoms with Crippen LogP contribution in [0.3, 0.4) is 0 Å². The smallest absolute Gasteiger partial charge is 0.306 e. The molecule has 0 spiro atoms. The fourth-order valence-electron chi connectivity index (χ4n) is 2.00. The van der Waals surface area contributed by atoms with Gasteiger partial charge in [0.1, 0.15) is 5.75 Å². The normalized spacial score (nSPS) is 11.4. The Labute approximate surface area is 141 Å². The molecule has 24 heavy (non-hydrogen) atoms. The summed E-state index contributed by atoms with van der Waals surface area (Å²) >= 11 is 0. The second kappa shape index (κ2) is 9.35. The van der Waals surface area contributed by atoms with Gasteiger partial charge in [-0.1, -0.05) is 36.4 Å². The molecule has 126 valence electrons. The minimum atomic E-state index is -0.840. The molecule has 5 nitrogen and oxygen atoms in total. The highest BCUT2D eigenvalue weighted by molar-refractivity contribution is 5.95. The van der Waals surface area contributed by atoms with Gasteiger partial charge in [0, 0.05) is 12.1 Å². The minimum absolute atomic E-state index is 0.204. The van der Waals surface area contributed by atoms with Gasteiger partial charge in [0.15, 0.2) is 6.10 Å². The Morgan fingerprint density at radius 2 is 1.62 bits per heavy atom. The van der Waals surface area contributed by atoms with Crippen LogP contribution in [0.1, 0.15) is 19.8 Å². The molecule has 1 amide bonds. The van der Waals surface area contributed by atoms with Crippen LogP contribution in [0.2, 0.25) is 0 Å². The van der Waals surface area contributed by atoms with Crippen LogP contribution in [-0.2, 0) is 14.3 Å². The largest absolute Gasteiger partial charge is 0.494 e. The quantitative estimate of drug-likeness (QED) is 0.596. The first-order valence-corrected chi connectivity index (χ1v) is 7.88. The summed E-state index contributed by atoms with van der Waals surface area (Å²) in [5.41, 5.74) is 0.668. The van der Waals surface area contributed by atoms with Crippen molar-refractivity contribution in [3.8, 4) is 5.75 Å². The molecule has 0 fully saturated rings. The Balaban J connectivity index is 1.65. The van der Waals surface area contributed by atoms with Crippen molar-refractivity contribution in [1.29, 1.82) is 0 Å². The van der Waals surface area contributed by atoms with Crippen LogP contribution in [0.25, 0.3) is 0 Å². The van der Waals surface area contributed by atoms with E-state index < -0.39 is 12.1 Å². The number of esters is 1. The van der Waals surface area contributed by atoms with Crippen molar-refractivity contribution in [1.82, 2.24) is 0 Å². The van der Waals surface area contributed by atoms with Crippen LogP contribution in [0, 0.1) is 0 Å². The van der Waals surface area contributed by atoms with Crippen LogP contribution in [-0.4, -0.2) is 24.6 Å². The van der Waals surface area contributed by atoms with Crippen molar-refractivity contribution in [2.24, 2.45) is 0 Å². The molecule has 0 saturated heterocycles. The zero-order valence-electron chi connectivity index (χ0n) is 13.6. The summed E-state index contributed by atoms with van der Waals surface area (Å²) < 4.78 is 10.6. The van der Waals surface area contributed by atoms with Gasteiger partial charge in [-0.15, -0.1) is 0 Å². The number of hydrogen-bond acceptors (Lipinski definition) is 4. The Kier molecular flexibility index (Phi) is 6.83. The van der Waals surface area contributed by atoms with E-state index in [0.717, 1.165) is 5.75 Å². The lowest BCUT2D eigenvalue weighted by Crippen LogP contribution is -2.30.